The molecule has 10 heteroatoms. The molecule has 2 aliphatic rings. The zero-order valence-electron chi connectivity index (χ0n) is 17.7. The normalized spacial score (nSPS) is 16.9. The molecule has 1 N–H and O–H groups in total. The van der Waals surface area contributed by atoms with Gasteiger partial charge in [0.1, 0.15) is 16.5 Å². The van der Waals surface area contributed by atoms with E-state index >= 15 is 0 Å². The molecule has 2 aromatic heterocycles. The number of benzene rings is 1. The zero-order valence-corrected chi connectivity index (χ0v) is 18.5. The molecule has 0 bridgehead atoms. The summed E-state index contributed by atoms with van der Waals surface area (Å²) in [6.45, 7) is 2.39. The number of hydrogen-bond acceptors (Lipinski definition) is 7. The average Bonchev–Trinajstić information content (AvgIpc) is 3.20. The van der Waals surface area contributed by atoms with Crippen LogP contribution in [0.2, 0.25) is 0 Å². The van der Waals surface area contributed by atoms with E-state index in [1.807, 2.05) is 19.0 Å². The van der Waals surface area contributed by atoms with Crippen LogP contribution in [0.25, 0.3) is 10.6 Å². The summed E-state index contributed by atoms with van der Waals surface area (Å²) in [4.78, 5) is 27.9. The minimum absolute atomic E-state index is 0.0309. The summed E-state index contributed by atoms with van der Waals surface area (Å²) >= 11 is 1.23. The van der Waals surface area contributed by atoms with Gasteiger partial charge in [0.05, 0.1) is 5.56 Å². The summed E-state index contributed by atoms with van der Waals surface area (Å²) in [7, 11) is 1.87. The first-order valence-corrected chi connectivity index (χ1v) is 11.3. The maximum Gasteiger partial charge on any atom is 0.278 e. The van der Waals surface area contributed by atoms with Gasteiger partial charge in [-0.1, -0.05) is 23.5 Å². The van der Waals surface area contributed by atoms with Gasteiger partial charge >= 0.3 is 0 Å². The molecule has 8 nitrogen and oxygen atoms in total. The smallest absolute Gasteiger partial charge is 0.278 e. The number of hydrogen-bond donors (Lipinski definition) is 1. The number of pyridine rings is 1. The fourth-order valence-corrected chi connectivity index (χ4v) is 5.49. The maximum atomic E-state index is 13.2. The highest BCUT2D eigenvalue weighted by Gasteiger charge is 2.53. The molecule has 1 spiro atoms. The van der Waals surface area contributed by atoms with Crippen LogP contribution in [-0.2, 0) is 6.42 Å². The van der Waals surface area contributed by atoms with Gasteiger partial charge in [0, 0.05) is 26.2 Å². The minimum atomic E-state index is -0.650. The number of fused-ring (bicyclic) bond motifs is 1. The molecule has 0 saturated heterocycles. The quantitative estimate of drug-likeness (QED) is 0.651. The van der Waals surface area contributed by atoms with Crippen molar-refractivity contribution in [1.82, 2.24) is 19.8 Å². The highest BCUT2D eigenvalue weighted by Crippen LogP contribution is 2.43. The molecular weight excluding hydrogens is 433 g/mol. The lowest BCUT2D eigenvalue weighted by Gasteiger charge is -2.58. The second-order valence-corrected chi connectivity index (χ2v) is 9.19. The van der Waals surface area contributed by atoms with Crippen LogP contribution in [0.15, 0.2) is 35.3 Å². The first-order chi connectivity index (χ1) is 15.4. The lowest BCUT2D eigenvalue weighted by Crippen LogP contribution is -2.72. The predicted octanol–water partition coefficient (Wildman–Crippen LogP) is 2.73. The highest BCUT2D eigenvalue weighted by molar-refractivity contribution is 7.14. The van der Waals surface area contributed by atoms with Crippen LogP contribution >= 0.6 is 11.3 Å². The average molecular weight is 456 g/mol. The van der Waals surface area contributed by atoms with E-state index in [9.17, 15) is 19.1 Å². The maximum absolute atomic E-state index is 13.2. The Balaban J connectivity index is 1.56. The number of nitrogens with zero attached hydrogens (tertiary/aromatic N) is 5. The number of aromatic hydroxyl groups is 1. The fraction of sp³-hybridized carbons (Fsp3) is 0.364. The van der Waals surface area contributed by atoms with E-state index < -0.39 is 16.8 Å². The summed E-state index contributed by atoms with van der Waals surface area (Å²) in [6.07, 6.45) is 4.68. The van der Waals surface area contributed by atoms with Crippen LogP contribution in [0, 0.1) is 5.82 Å². The summed E-state index contributed by atoms with van der Waals surface area (Å²) in [5.41, 5.74) is -0.0732. The van der Waals surface area contributed by atoms with Crippen LogP contribution in [0.1, 0.15) is 47.2 Å². The molecule has 0 unspecified atom stereocenters. The second-order valence-electron chi connectivity index (χ2n) is 8.13. The molecular formula is C22H22FN5O3S. The molecule has 3 aromatic rings. The molecule has 1 fully saturated rings. The van der Waals surface area contributed by atoms with Crippen LogP contribution in [0.5, 0.6) is 5.75 Å². The Labute approximate surface area is 187 Å². The van der Waals surface area contributed by atoms with Crippen LogP contribution < -0.4 is 10.4 Å². The molecule has 1 amide bonds. The van der Waals surface area contributed by atoms with Gasteiger partial charge in [0.15, 0.2) is 16.5 Å². The Morgan fingerprint density at radius 2 is 1.91 bits per heavy atom. The van der Waals surface area contributed by atoms with Gasteiger partial charge in [0.2, 0.25) is 5.43 Å². The van der Waals surface area contributed by atoms with Crippen molar-refractivity contribution in [3.63, 3.8) is 0 Å². The van der Waals surface area contributed by atoms with Crippen molar-refractivity contribution in [3.05, 3.63) is 62.8 Å². The Morgan fingerprint density at radius 1 is 1.19 bits per heavy atom. The van der Waals surface area contributed by atoms with Crippen molar-refractivity contribution in [2.75, 3.05) is 18.6 Å². The largest absolute Gasteiger partial charge is 0.502 e. The molecule has 1 saturated carbocycles. The Morgan fingerprint density at radius 3 is 2.53 bits per heavy atom. The molecule has 32 heavy (non-hydrogen) atoms. The lowest BCUT2D eigenvalue weighted by atomic mass is 9.81. The van der Waals surface area contributed by atoms with Crippen LogP contribution in [0.3, 0.4) is 0 Å². The van der Waals surface area contributed by atoms with Crippen molar-refractivity contribution in [2.24, 2.45) is 0 Å². The van der Waals surface area contributed by atoms with Gasteiger partial charge in [-0.2, -0.15) is 0 Å². The number of amides is 1. The Hall–Kier alpha value is -3.27. The molecule has 1 aliphatic carbocycles. The summed E-state index contributed by atoms with van der Waals surface area (Å²) in [6, 6.07) is 6.12. The monoisotopic (exact) mass is 455 g/mol. The van der Waals surface area contributed by atoms with Crippen molar-refractivity contribution in [3.8, 4) is 16.3 Å². The molecule has 3 heterocycles. The van der Waals surface area contributed by atoms with Gasteiger partial charge in [-0.15, -0.1) is 10.2 Å². The van der Waals surface area contributed by atoms with Crippen molar-refractivity contribution in [1.29, 1.82) is 0 Å². The third-order valence-electron chi connectivity index (χ3n) is 6.48. The topological polar surface area (TPSA) is 91.6 Å². The van der Waals surface area contributed by atoms with E-state index in [2.05, 4.69) is 10.2 Å². The molecule has 1 aromatic carbocycles. The van der Waals surface area contributed by atoms with Gasteiger partial charge in [-0.05, 0) is 43.9 Å². The van der Waals surface area contributed by atoms with Crippen LogP contribution in [-0.4, -0.2) is 50.0 Å². The number of rotatable bonds is 4. The van der Waals surface area contributed by atoms with Crippen molar-refractivity contribution < 1.29 is 14.3 Å². The van der Waals surface area contributed by atoms with Crippen molar-refractivity contribution >= 4 is 17.2 Å². The molecule has 0 radical (unpaired) electrons. The van der Waals surface area contributed by atoms with Crippen molar-refractivity contribution in [2.45, 2.75) is 38.3 Å². The third-order valence-corrected chi connectivity index (χ3v) is 7.43. The zero-order chi connectivity index (χ0) is 22.6. The summed E-state index contributed by atoms with van der Waals surface area (Å²) < 4.78 is 14.7. The van der Waals surface area contributed by atoms with Gasteiger partial charge in [0.25, 0.3) is 5.91 Å². The second kappa shape index (κ2) is 7.40. The summed E-state index contributed by atoms with van der Waals surface area (Å²) in [5.74, 6) is -1.24. The van der Waals surface area contributed by atoms with E-state index in [4.69, 9.17) is 0 Å². The number of carbonyl (C=O) groups excluding carboxylic acids is 1. The van der Waals surface area contributed by atoms with Crippen LogP contribution in [0.4, 0.5) is 4.39 Å². The molecule has 0 atom stereocenters. The Kier molecular flexibility index (Phi) is 4.77. The van der Waals surface area contributed by atoms with Gasteiger partial charge in [-0.25, -0.2) is 4.39 Å². The van der Waals surface area contributed by atoms with Gasteiger partial charge < -0.3 is 10.0 Å². The number of aromatic nitrogens is 3. The SMILES string of the molecule is CCN1C(=O)c2c(O)c(=O)c(-c3nnc(Cc4ccc(F)cc4)s3)cn2N(C)C12CCC2. The number of halogens is 1. The first-order valence-electron chi connectivity index (χ1n) is 10.5. The predicted molar refractivity (Wildman–Crippen MR) is 118 cm³/mol. The summed E-state index contributed by atoms with van der Waals surface area (Å²) in [5, 5.41) is 22.0. The standard InChI is InChI=1S/C22H22FN5O3S/c1-3-27-21(31)17-19(30)18(29)15(12-28(17)26(2)22(27)9-4-10-22)20-25-24-16(32-20)11-13-5-7-14(23)8-6-13/h5-8,12,30H,3-4,9-11H2,1-2H3. The van der Waals surface area contributed by atoms with E-state index in [0.717, 1.165) is 24.8 Å². The van der Waals surface area contributed by atoms with E-state index in [-0.39, 0.29) is 23.0 Å². The highest BCUT2D eigenvalue weighted by atomic mass is 32.1. The molecule has 5 rings (SSSR count). The Bertz CT molecular complexity index is 1270. The fourth-order valence-electron chi connectivity index (χ4n) is 4.60. The molecule has 1 aliphatic heterocycles. The molecule has 166 valence electrons. The number of carbonyl (C=O) groups is 1. The van der Waals surface area contributed by atoms with E-state index in [1.165, 1.54) is 23.5 Å². The minimum Gasteiger partial charge on any atom is -0.502 e. The first kappa shape index (κ1) is 20.6. The lowest BCUT2D eigenvalue weighted by molar-refractivity contribution is -0.00546. The van der Waals surface area contributed by atoms with E-state index in [1.54, 1.807) is 27.9 Å². The van der Waals surface area contributed by atoms with Gasteiger partial charge in [-0.3, -0.25) is 19.3 Å². The third kappa shape index (κ3) is 2.93. The van der Waals surface area contributed by atoms with E-state index in [0.29, 0.717) is 23.0 Å².